The third-order valence-electron chi connectivity index (χ3n) is 8.38. The summed E-state index contributed by atoms with van der Waals surface area (Å²) in [6, 6.07) is 0.126. The summed E-state index contributed by atoms with van der Waals surface area (Å²) in [5.41, 5.74) is 1.77. The topological polar surface area (TPSA) is 85.6 Å². The Bertz CT molecular complexity index is 1320. The Balaban J connectivity index is 1.24. The molecule has 0 bridgehead atoms. The van der Waals surface area contributed by atoms with E-state index in [9.17, 15) is 18.0 Å². The number of rotatable bonds is 5. The van der Waals surface area contributed by atoms with Crippen LogP contribution in [0.4, 0.5) is 19.0 Å². The Hall–Kier alpha value is -2.86. The summed E-state index contributed by atoms with van der Waals surface area (Å²) < 4.78 is 52.1. The molecular formula is C26H30ClF3N6O3. The van der Waals surface area contributed by atoms with Crippen molar-refractivity contribution in [2.45, 2.75) is 70.5 Å². The van der Waals surface area contributed by atoms with Gasteiger partial charge in [-0.2, -0.15) is 28.2 Å². The van der Waals surface area contributed by atoms with Crippen molar-refractivity contribution < 1.29 is 27.4 Å². The lowest BCUT2D eigenvalue weighted by molar-refractivity contribution is -0.0994. The molecule has 39 heavy (non-hydrogen) atoms. The molecular weight excluding hydrogens is 537 g/mol. The molecule has 0 aromatic carbocycles. The zero-order valence-corrected chi connectivity index (χ0v) is 22.4. The highest BCUT2D eigenvalue weighted by atomic mass is 35.5. The molecule has 2 fully saturated rings. The van der Waals surface area contributed by atoms with Crippen LogP contribution >= 0.6 is 11.6 Å². The van der Waals surface area contributed by atoms with Crippen LogP contribution in [0, 0.1) is 5.41 Å². The number of nitrogens with zero attached hydrogens (tertiary/aromatic N) is 6. The predicted molar refractivity (Wildman–Crippen MR) is 136 cm³/mol. The number of alkyl halides is 3. The van der Waals surface area contributed by atoms with Crippen LogP contribution in [0.5, 0.6) is 6.01 Å². The number of methoxy groups -OCH3 is 1. The molecule has 3 aliphatic heterocycles. The van der Waals surface area contributed by atoms with Crippen molar-refractivity contribution >= 4 is 23.3 Å². The van der Waals surface area contributed by atoms with Crippen molar-refractivity contribution in [2.24, 2.45) is 5.41 Å². The average Bonchev–Trinajstić information content (AvgIpc) is 3.01. The van der Waals surface area contributed by atoms with E-state index < -0.39 is 17.9 Å². The molecule has 2 aromatic rings. The van der Waals surface area contributed by atoms with Crippen molar-refractivity contribution in [2.75, 3.05) is 31.6 Å². The molecule has 1 spiro atoms. The van der Waals surface area contributed by atoms with Gasteiger partial charge in [0.05, 0.1) is 42.8 Å². The van der Waals surface area contributed by atoms with Gasteiger partial charge in [0.15, 0.2) is 5.69 Å². The quantitative estimate of drug-likeness (QED) is 0.498. The molecule has 210 valence electrons. The molecule has 6 rings (SSSR count). The smallest absolute Gasteiger partial charge is 0.412 e. The molecule has 4 aliphatic rings. The minimum atomic E-state index is -4.47. The van der Waals surface area contributed by atoms with Crippen molar-refractivity contribution in [3.05, 3.63) is 39.8 Å². The van der Waals surface area contributed by atoms with Crippen molar-refractivity contribution in [3.8, 4) is 6.01 Å². The highest BCUT2D eigenvalue weighted by Gasteiger charge is 2.49. The van der Waals surface area contributed by atoms with Crippen LogP contribution in [0.15, 0.2) is 12.2 Å². The number of carbonyl (C=O) groups is 1. The zero-order chi connectivity index (χ0) is 27.5. The molecule has 13 heteroatoms. The molecule has 0 N–H and O–H groups in total. The van der Waals surface area contributed by atoms with Crippen LogP contribution in [-0.2, 0) is 30.9 Å². The summed E-state index contributed by atoms with van der Waals surface area (Å²) >= 11 is 6.77. The van der Waals surface area contributed by atoms with E-state index in [0.29, 0.717) is 47.1 Å². The van der Waals surface area contributed by atoms with Gasteiger partial charge >= 0.3 is 12.2 Å². The second-order valence-corrected chi connectivity index (χ2v) is 11.4. The molecule has 1 saturated carbocycles. The second kappa shape index (κ2) is 9.65. The first-order valence-corrected chi connectivity index (χ1v) is 13.5. The predicted octanol–water partition coefficient (Wildman–Crippen LogP) is 4.32. The Morgan fingerprint density at radius 2 is 2.00 bits per heavy atom. The highest BCUT2D eigenvalue weighted by Crippen LogP contribution is 2.48. The molecule has 1 amide bonds. The summed E-state index contributed by atoms with van der Waals surface area (Å²) in [5.74, 6) is 0.448. The fraction of sp³-hybridized carbons (Fsp3) is 0.615. The van der Waals surface area contributed by atoms with E-state index in [1.165, 1.54) is 26.4 Å². The number of anilines is 1. The summed E-state index contributed by atoms with van der Waals surface area (Å²) in [6.45, 7) is 6.33. The number of ether oxygens (including phenoxy) is 2. The van der Waals surface area contributed by atoms with Crippen molar-refractivity contribution in [1.29, 1.82) is 0 Å². The maximum atomic E-state index is 13.2. The Morgan fingerprint density at radius 3 is 2.67 bits per heavy atom. The molecule has 1 atom stereocenters. The third-order valence-corrected chi connectivity index (χ3v) is 8.78. The zero-order valence-electron chi connectivity index (χ0n) is 21.7. The number of hydrogen-bond acceptors (Lipinski definition) is 7. The summed E-state index contributed by atoms with van der Waals surface area (Å²) in [5, 5.41) is 4.94. The Morgan fingerprint density at radius 1 is 1.23 bits per heavy atom. The van der Waals surface area contributed by atoms with Gasteiger partial charge in [0.2, 0.25) is 0 Å². The fourth-order valence-electron chi connectivity index (χ4n) is 6.01. The first-order valence-electron chi connectivity index (χ1n) is 13.2. The van der Waals surface area contributed by atoms with Crippen LogP contribution in [0.1, 0.15) is 59.5 Å². The number of fused-ring (bicyclic) bond motifs is 2. The summed E-state index contributed by atoms with van der Waals surface area (Å²) in [4.78, 5) is 26.1. The van der Waals surface area contributed by atoms with Gasteiger partial charge in [0, 0.05) is 55.6 Å². The van der Waals surface area contributed by atoms with Gasteiger partial charge in [-0.15, -0.1) is 0 Å². The van der Waals surface area contributed by atoms with E-state index in [-0.39, 0.29) is 37.1 Å². The SMILES string of the molecule is C=C(CC1Cc2nc(OC)nc(N3CCCn4nc(C(=O)N5CC6(CCC6)C5)c(Cl)c4C3)c2CO1)C(F)(F)F. The largest absolute Gasteiger partial charge is 0.467 e. The Kier molecular flexibility index (Phi) is 6.53. The van der Waals surface area contributed by atoms with Crippen LogP contribution in [-0.4, -0.2) is 69.6 Å². The number of carbonyl (C=O) groups excluding carboxylic acids is 1. The van der Waals surface area contributed by atoms with Crippen LogP contribution < -0.4 is 9.64 Å². The Labute approximate surface area is 228 Å². The molecule has 2 aromatic heterocycles. The van der Waals surface area contributed by atoms with Gasteiger partial charge in [-0.3, -0.25) is 9.48 Å². The van der Waals surface area contributed by atoms with E-state index in [4.69, 9.17) is 21.1 Å². The average molecular weight is 567 g/mol. The molecule has 1 saturated heterocycles. The lowest BCUT2D eigenvalue weighted by Gasteiger charge is -2.55. The normalized spacial score (nSPS) is 21.9. The van der Waals surface area contributed by atoms with E-state index in [1.54, 1.807) is 4.68 Å². The summed E-state index contributed by atoms with van der Waals surface area (Å²) in [7, 11) is 1.45. The number of hydrogen-bond donors (Lipinski definition) is 0. The van der Waals surface area contributed by atoms with E-state index >= 15 is 0 Å². The fourth-order valence-corrected chi connectivity index (χ4v) is 6.29. The maximum Gasteiger partial charge on any atom is 0.412 e. The molecule has 0 radical (unpaired) electrons. The van der Waals surface area contributed by atoms with Crippen molar-refractivity contribution in [1.82, 2.24) is 24.6 Å². The van der Waals surface area contributed by atoms with Crippen molar-refractivity contribution in [3.63, 3.8) is 0 Å². The molecule has 1 unspecified atom stereocenters. The molecule has 9 nitrogen and oxygen atoms in total. The second-order valence-electron chi connectivity index (χ2n) is 11.0. The number of halogens is 4. The lowest BCUT2D eigenvalue weighted by Crippen LogP contribution is -2.61. The van der Waals surface area contributed by atoms with Gasteiger partial charge in [-0.1, -0.05) is 24.6 Å². The van der Waals surface area contributed by atoms with Crippen LogP contribution in [0.3, 0.4) is 0 Å². The van der Waals surface area contributed by atoms with Gasteiger partial charge in [-0.25, -0.2) is 0 Å². The maximum absolute atomic E-state index is 13.2. The number of likely N-dealkylation sites (tertiary alicyclic amines) is 1. The number of amides is 1. The van der Waals surface area contributed by atoms with E-state index in [0.717, 1.165) is 25.2 Å². The van der Waals surface area contributed by atoms with Gasteiger partial charge < -0.3 is 19.3 Å². The number of aryl methyl sites for hydroxylation is 1. The first kappa shape index (κ1) is 26.4. The lowest BCUT2D eigenvalue weighted by atomic mass is 9.63. The highest BCUT2D eigenvalue weighted by molar-refractivity contribution is 6.34. The van der Waals surface area contributed by atoms with Crippen LogP contribution in [0.2, 0.25) is 5.02 Å². The van der Waals surface area contributed by atoms with E-state index in [1.807, 2.05) is 9.80 Å². The van der Waals surface area contributed by atoms with Gasteiger partial charge in [0.1, 0.15) is 5.82 Å². The van der Waals surface area contributed by atoms with E-state index in [2.05, 4.69) is 21.6 Å². The first-order chi connectivity index (χ1) is 18.6. The third kappa shape index (κ3) is 4.75. The minimum Gasteiger partial charge on any atom is -0.467 e. The molecule has 1 aliphatic carbocycles. The standard InChI is InChI=1S/C26H30ClF3N6O3/c1-15(26(28,29)30)9-16-10-18-17(12-39-16)22(32-24(31-18)38-2)34-7-4-8-36-19(11-34)20(27)21(33-36)23(37)35-13-25(14-35)5-3-6-25/h16H,1,3-14H2,2H3. The van der Waals surface area contributed by atoms with Crippen LogP contribution in [0.25, 0.3) is 0 Å². The van der Waals surface area contributed by atoms with Gasteiger partial charge in [0.25, 0.3) is 5.91 Å². The molecule has 5 heterocycles. The minimum absolute atomic E-state index is 0.0639. The monoisotopic (exact) mass is 566 g/mol. The van der Waals surface area contributed by atoms with Gasteiger partial charge in [-0.05, 0) is 19.3 Å². The number of aromatic nitrogens is 4. The summed E-state index contributed by atoms with van der Waals surface area (Å²) in [6.07, 6.45) is -1.03.